The van der Waals surface area contributed by atoms with Crippen molar-refractivity contribution in [3.8, 4) is 5.69 Å². The molecule has 9 heteroatoms. The van der Waals surface area contributed by atoms with Crippen LogP contribution < -0.4 is 4.90 Å². The van der Waals surface area contributed by atoms with Gasteiger partial charge in [-0.05, 0) is 37.3 Å². The fourth-order valence-electron chi connectivity index (χ4n) is 3.13. The van der Waals surface area contributed by atoms with Gasteiger partial charge in [0.05, 0.1) is 34.7 Å². The SMILES string of the molecule is Cc1ccc(-n2c(SCC(=O)c3ccc(Cl)c(Cl)c3)nnc2N2CCOCC2)cc1. The van der Waals surface area contributed by atoms with E-state index in [4.69, 9.17) is 27.9 Å². The van der Waals surface area contributed by atoms with E-state index >= 15 is 0 Å². The second-order valence-electron chi connectivity index (χ2n) is 6.89. The van der Waals surface area contributed by atoms with E-state index in [9.17, 15) is 4.79 Å². The molecule has 1 aliphatic heterocycles. The molecule has 0 aliphatic carbocycles. The molecule has 2 aromatic carbocycles. The number of rotatable bonds is 6. The van der Waals surface area contributed by atoms with Gasteiger partial charge >= 0.3 is 0 Å². The number of ketones is 1. The van der Waals surface area contributed by atoms with Crippen molar-refractivity contribution in [2.75, 3.05) is 37.0 Å². The van der Waals surface area contributed by atoms with Crippen molar-refractivity contribution >= 4 is 46.7 Å². The minimum absolute atomic E-state index is 0.0510. The maximum Gasteiger partial charge on any atom is 0.232 e. The lowest BCUT2D eigenvalue weighted by atomic mass is 10.1. The summed E-state index contributed by atoms with van der Waals surface area (Å²) in [5.41, 5.74) is 2.65. The van der Waals surface area contributed by atoms with Gasteiger partial charge in [0.1, 0.15) is 0 Å². The largest absolute Gasteiger partial charge is 0.378 e. The summed E-state index contributed by atoms with van der Waals surface area (Å²) in [6.45, 7) is 4.84. The number of aromatic nitrogens is 3. The molecular weight excluding hydrogens is 443 g/mol. The average molecular weight is 463 g/mol. The van der Waals surface area contributed by atoms with Gasteiger partial charge in [0.2, 0.25) is 5.95 Å². The van der Waals surface area contributed by atoms with Crippen LogP contribution in [0.1, 0.15) is 15.9 Å². The van der Waals surface area contributed by atoms with E-state index in [1.54, 1.807) is 18.2 Å². The second-order valence-corrected chi connectivity index (χ2v) is 8.65. The summed E-state index contributed by atoms with van der Waals surface area (Å²) >= 11 is 13.3. The van der Waals surface area contributed by atoms with E-state index in [2.05, 4.69) is 15.1 Å². The third kappa shape index (κ3) is 4.64. The van der Waals surface area contributed by atoms with Gasteiger partial charge < -0.3 is 9.64 Å². The van der Waals surface area contributed by atoms with Crippen molar-refractivity contribution in [3.05, 3.63) is 63.6 Å². The molecule has 1 saturated heterocycles. The Kier molecular flexibility index (Phi) is 6.63. The highest BCUT2D eigenvalue weighted by atomic mass is 35.5. The van der Waals surface area contributed by atoms with Gasteiger partial charge in [-0.2, -0.15) is 0 Å². The Morgan fingerprint density at radius 2 is 1.80 bits per heavy atom. The van der Waals surface area contributed by atoms with E-state index in [1.165, 1.54) is 17.3 Å². The van der Waals surface area contributed by atoms with E-state index < -0.39 is 0 Å². The number of Topliss-reactive ketones (excluding diaryl/α,β-unsaturated/α-hetero) is 1. The second kappa shape index (κ2) is 9.39. The Morgan fingerprint density at radius 1 is 1.07 bits per heavy atom. The smallest absolute Gasteiger partial charge is 0.232 e. The third-order valence-corrected chi connectivity index (χ3v) is 6.44. The minimum Gasteiger partial charge on any atom is -0.378 e. The number of thioether (sulfide) groups is 1. The van der Waals surface area contributed by atoms with Crippen LogP contribution in [0.5, 0.6) is 0 Å². The molecule has 1 aromatic heterocycles. The van der Waals surface area contributed by atoms with Gasteiger partial charge in [0.15, 0.2) is 10.9 Å². The molecule has 0 N–H and O–H groups in total. The molecule has 0 spiro atoms. The first-order valence-corrected chi connectivity index (χ1v) is 11.2. The van der Waals surface area contributed by atoms with Crippen molar-refractivity contribution in [2.45, 2.75) is 12.1 Å². The van der Waals surface area contributed by atoms with E-state index in [0.29, 0.717) is 34.0 Å². The van der Waals surface area contributed by atoms with E-state index in [1.807, 2.05) is 35.8 Å². The predicted molar refractivity (Wildman–Crippen MR) is 121 cm³/mol. The molecule has 0 saturated carbocycles. The van der Waals surface area contributed by atoms with Crippen molar-refractivity contribution in [1.29, 1.82) is 0 Å². The van der Waals surface area contributed by atoms with Gasteiger partial charge in [0, 0.05) is 18.7 Å². The van der Waals surface area contributed by atoms with Gasteiger partial charge in [0.25, 0.3) is 0 Å². The molecule has 2 heterocycles. The molecule has 0 radical (unpaired) electrons. The number of nitrogens with zero attached hydrogens (tertiary/aromatic N) is 4. The zero-order chi connectivity index (χ0) is 21.1. The first-order chi connectivity index (χ1) is 14.5. The summed E-state index contributed by atoms with van der Waals surface area (Å²) in [7, 11) is 0. The number of carbonyl (C=O) groups excluding carboxylic acids is 1. The van der Waals surface area contributed by atoms with Gasteiger partial charge in [-0.1, -0.05) is 52.7 Å². The molecule has 156 valence electrons. The molecule has 0 unspecified atom stereocenters. The molecule has 0 bridgehead atoms. The van der Waals surface area contributed by atoms with Crippen LogP contribution in [0, 0.1) is 6.92 Å². The van der Waals surface area contributed by atoms with Crippen LogP contribution in [-0.4, -0.2) is 52.6 Å². The molecule has 4 rings (SSSR count). The van der Waals surface area contributed by atoms with E-state index in [-0.39, 0.29) is 11.5 Å². The average Bonchev–Trinajstić information content (AvgIpc) is 3.19. The number of carbonyl (C=O) groups is 1. The summed E-state index contributed by atoms with van der Waals surface area (Å²) in [5.74, 6) is 0.919. The Morgan fingerprint density at radius 3 is 2.50 bits per heavy atom. The van der Waals surface area contributed by atoms with Crippen molar-refractivity contribution in [1.82, 2.24) is 14.8 Å². The van der Waals surface area contributed by atoms with Crippen LogP contribution >= 0.6 is 35.0 Å². The highest BCUT2D eigenvalue weighted by molar-refractivity contribution is 7.99. The lowest BCUT2D eigenvalue weighted by molar-refractivity contribution is 0.102. The molecule has 0 atom stereocenters. The standard InChI is InChI=1S/C21H20Cl2N4O2S/c1-14-2-5-16(6-3-14)27-20(26-8-10-29-11-9-26)24-25-21(27)30-13-19(28)15-4-7-17(22)18(23)12-15/h2-7,12H,8-11,13H2,1H3. The first-order valence-electron chi connectivity index (χ1n) is 9.49. The van der Waals surface area contributed by atoms with E-state index in [0.717, 1.165) is 24.7 Å². The zero-order valence-corrected chi connectivity index (χ0v) is 18.7. The molecular formula is C21H20Cl2N4O2S. The predicted octanol–water partition coefficient (Wildman–Crippen LogP) is 4.69. The minimum atomic E-state index is -0.0510. The molecule has 0 amide bonds. The highest BCUT2D eigenvalue weighted by Gasteiger charge is 2.22. The summed E-state index contributed by atoms with van der Waals surface area (Å²) in [5, 5.41) is 10.3. The van der Waals surface area contributed by atoms with Crippen molar-refractivity contribution in [3.63, 3.8) is 0 Å². The fraction of sp³-hybridized carbons (Fsp3) is 0.286. The van der Waals surface area contributed by atoms with Crippen molar-refractivity contribution < 1.29 is 9.53 Å². The number of benzene rings is 2. The van der Waals surface area contributed by atoms with Crippen LogP contribution in [0.25, 0.3) is 5.69 Å². The molecule has 1 aliphatic rings. The maximum atomic E-state index is 12.7. The lowest BCUT2D eigenvalue weighted by Gasteiger charge is -2.27. The van der Waals surface area contributed by atoms with Crippen molar-refractivity contribution in [2.24, 2.45) is 0 Å². The molecule has 1 fully saturated rings. The number of aryl methyl sites for hydroxylation is 1. The van der Waals surface area contributed by atoms with Crippen LogP contribution in [0.4, 0.5) is 5.95 Å². The van der Waals surface area contributed by atoms with Crippen LogP contribution in [-0.2, 0) is 4.74 Å². The number of morpholine rings is 1. The zero-order valence-electron chi connectivity index (χ0n) is 16.3. The summed E-state index contributed by atoms with van der Waals surface area (Å²) in [6.07, 6.45) is 0. The molecule has 6 nitrogen and oxygen atoms in total. The van der Waals surface area contributed by atoms with Crippen LogP contribution in [0.3, 0.4) is 0 Å². The number of hydrogen-bond donors (Lipinski definition) is 0. The Bertz CT molecular complexity index is 1050. The maximum absolute atomic E-state index is 12.7. The van der Waals surface area contributed by atoms with Gasteiger partial charge in [-0.25, -0.2) is 0 Å². The Labute approximate surface area is 189 Å². The normalized spacial score (nSPS) is 14.2. The lowest BCUT2D eigenvalue weighted by Crippen LogP contribution is -2.37. The Hall–Kier alpha value is -2.06. The van der Waals surface area contributed by atoms with Gasteiger partial charge in [-0.15, -0.1) is 10.2 Å². The quantitative estimate of drug-likeness (QED) is 0.390. The van der Waals surface area contributed by atoms with Crippen LogP contribution in [0.15, 0.2) is 47.6 Å². The Balaban J connectivity index is 1.60. The number of halogens is 2. The van der Waals surface area contributed by atoms with Gasteiger partial charge in [-0.3, -0.25) is 9.36 Å². The molecule has 3 aromatic rings. The highest BCUT2D eigenvalue weighted by Crippen LogP contribution is 2.29. The number of ether oxygens (including phenoxy) is 1. The van der Waals surface area contributed by atoms with Crippen LogP contribution in [0.2, 0.25) is 10.0 Å². The first kappa shape index (κ1) is 21.2. The third-order valence-electron chi connectivity index (χ3n) is 4.78. The fourth-order valence-corrected chi connectivity index (χ4v) is 4.27. The summed E-state index contributed by atoms with van der Waals surface area (Å²) in [6, 6.07) is 13.1. The number of hydrogen-bond acceptors (Lipinski definition) is 6. The monoisotopic (exact) mass is 462 g/mol. The summed E-state index contributed by atoms with van der Waals surface area (Å²) in [4.78, 5) is 14.8. The topological polar surface area (TPSA) is 60.2 Å². The molecule has 30 heavy (non-hydrogen) atoms. The number of anilines is 1. The summed E-state index contributed by atoms with van der Waals surface area (Å²) < 4.78 is 7.46.